The van der Waals surface area contributed by atoms with Gasteiger partial charge in [-0.25, -0.2) is 0 Å². The van der Waals surface area contributed by atoms with Crippen molar-refractivity contribution in [2.45, 2.75) is 45.9 Å². The molecule has 2 unspecified atom stereocenters. The van der Waals surface area contributed by atoms with E-state index in [2.05, 4.69) is 16.3 Å². The second-order valence-corrected chi connectivity index (χ2v) is 7.07. The van der Waals surface area contributed by atoms with E-state index >= 15 is 0 Å². The van der Waals surface area contributed by atoms with Crippen molar-refractivity contribution in [3.63, 3.8) is 0 Å². The minimum atomic E-state index is 0.0756. The SMILES string of the molecule is Cc1cccc(-c2n[nH]c(=S)n2CCC(=O)N2CC(C)OC(C)C2)c1. The summed E-state index contributed by atoms with van der Waals surface area (Å²) in [5, 5.41) is 7.19. The average Bonchev–Trinajstić information content (AvgIpc) is 2.92. The van der Waals surface area contributed by atoms with E-state index in [9.17, 15) is 4.79 Å². The molecule has 1 amide bonds. The maximum absolute atomic E-state index is 12.6. The fourth-order valence-electron chi connectivity index (χ4n) is 3.28. The maximum Gasteiger partial charge on any atom is 0.224 e. The molecule has 1 saturated heterocycles. The highest BCUT2D eigenvalue weighted by Crippen LogP contribution is 2.19. The zero-order valence-electron chi connectivity index (χ0n) is 14.9. The number of aryl methyl sites for hydroxylation is 1. The van der Waals surface area contributed by atoms with Crippen molar-refractivity contribution < 1.29 is 9.53 Å². The molecule has 2 heterocycles. The summed E-state index contributed by atoms with van der Waals surface area (Å²) in [4.78, 5) is 14.5. The molecule has 2 atom stereocenters. The van der Waals surface area contributed by atoms with Crippen LogP contribution in [0.4, 0.5) is 0 Å². The van der Waals surface area contributed by atoms with E-state index in [0.717, 1.165) is 17.0 Å². The minimum Gasteiger partial charge on any atom is -0.372 e. The number of H-pyrrole nitrogens is 1. The Bertz CT molecular complexity index is 803. The molecular weight excluding hydrogens is 336 g/mol. The smallest absolute Gasteiger partial charge is 0.224 e. The second kappa shape index (κ2) is 7.49. The molecule has 0 saturated carbocycles. The number of benzene rings is 1. The average molecular weight is 360 g/mol. The van der Waals surface area contributed by atoms with Crippen LogP contribution in [0.2, 0.25) is 0 Å². The van der Waals surface area contributed by atoms with Crippen molar-refractivity contribution in [1.29, 1.82) is 0 Å². The second-order valence-electron chi connectivity index (χ2n) is 6.68. The number of ether oxygens (including phenoxy) is 1. The third-order valence-corrected chi connectivity index (χ3v) is 4.67. The third-order valence-electron chi connectivity index (χ3n) is 4.36. The van der Waals surface area contributed by atoms with Gasteiger partial charge in [-0.15, -0.1) is 0 Å². The molecule has 0 radical (unpaired) electrons. The van der Waals surface area contributed by atoms with Gasteiger partial charge in [-0.1, -0.05) is 23.8 Å². The Morgan fingerprint density at radius 1 is 1.36 bits per heavy atom. The number of aromatic amines is 1. The van der Waals surface area contributed by atoms with Crippen LogP contribution >= 0.6 is 12.2 Å². The van der Waals surface area contributed by atoms with Gasteiger partial charge < -0.3 is 9.64 Å². The van der Waals surface area contributed by atoms with Crippen molar-refractivity contribution in [1.82, 2.24) is 19.7 Å². The molecule has 1 aromatic heterocycles. The topological polar surface area (TPSA) is 63.2 Å². The zero-order valence-corrected chi connectivity index (χ0v) is 15.7. The molecule has 6 nitrogen and oxygen atoms in total. The third kappa shape index (κ3) is 4.16. The number of hydrogen-bond donors (Lipinski definition) is 1. The lowest BCUT2D eigenvalue weighted by atomic mass is 10.1. The summed E-state index contributed by atoms with van der Waals surface area (Å²) in [6.07, 6.45) is 0.546. The molecule has 2 aromatic rings. The Morgan fingerprint density at radius 2 is 2.08 bits per heavy atom. The highest BCUT2D eigenvalue weighted by Gasteiger charge is 2.25. The molecule has 7 heteroatoms. The van der Waals surface area contributed by atoms with Crippen LogP contribution in [0.3, 0.4) is 0 Å². The number of amides is 1. The number of aromatic nitrogens is 3. The van der Waals surface area contributed by atoms with Crippen LogP contribution in [0, 0.1) is 11.7 Å². The highest BCUT2D eigenvalue weighted by molar-refractivity contribution is 7.71. The lowest BCUT2D eigenvalue weighted by molar-refractivity contribution is -0.143. The van der Waals surface area contributed by atoms with E-state index in [0.29, 0.717) is 30.8 Å². The van der Waals surface area contributed by atoms with Gasteiger partial charge in [-0.2, -0.15) is 5.10 Å². The molecule has 3 rings (SSSR count). The number of hydrogen-bond acceptors (Lipinski definition) is 4. The number of nitrogens with zero attached hydrogens (tertiary/aromatic N) is 3. The monoisotopic (exact) mass is 360 g/mol. The molecule has 1 aliphatic rings. The Balaban J connectivity index is 1.72. The summed E-state index contributed by atoms with van der Waals surface area (Å²) in [7, 11) is 0. The fraction of sp³-hybridized carbons (Fsp3) is 0.500. The van der Waals surface area contributed by atoms with Gasteiger partial charge in [0.1, 0.15) is 0 Å². The molecule has 1 aromatic carbocycles. The number of morpholine rings is 1. The first-order chi connectivity index (χ1) is 11.9. The maximum atomic E-state index is 12.6. The summed E-state index contributed by atoms with van der Waals surface area (Å²) < 4.78 is 8.13. The van der Waals surface area contributed by atoms with Gasteiger partial charge in [0.15, 0.2) is 10.6 Å². The summed E-state index contributed by atoms with van der Waals surface area (Å²) in [6.45, 7) is 7.84. The van der Waals surface area contributed by atoms with Crippen molar-refractivity contribution in [3.05, 3.63) is 34.6 Å². The normalized spacial score (nSPS) is 20.7. The standard InChI is InChI=1S/C18H24N4O2S/c1-12-5-4-6-15(9-12)17-19-20-18(25)22(17)8-7-16(23)21-10-13(2)24-14(3)11-21/h4-6,9,13-14H,7-8,10-11H2,1-3H3,(H,20,25). The van der Waals surface area contributed by atoms with Crippen LogP contribution in [0.5, 0.6) is 0 Å². The molecule has 1 fully saturated rings. The molecule has 1 N–H and O–H groups in total. The lowest BCUT2D eigenvalue weighted by Gasteiger charge is -2.35. The van der Waals surface area contributed by atoms with Crippen molar-refractivity contribution >= 4 is 18.1 Å². The predicted octanol–water partition coefficient (Wildman–Crippen LogP) is 2.94. The van der Waals surface area contributed by atoms with Crippen LogP contribution < -0.4 is 0 Å². The van der Waals surface area contributed by atoms with Crippen LogP contribution in [0.25, 0.3) is 11.4 Å². The van der Waals surface area contributed by atoms with Crippen LogP contribution in [0.15, 0.2) is 24.3 Å². The van der Waals surface area contributed by atoms with Gasteiger partial charge in [0, 0.05) is 31.6 Å². The molecule has 0 bridgehead atoms. The van der Waals surface area contributed by atoms with E-state index in [1.807, 2.05) is 48.4 Å². The number of nitrogens with one attached hydrogen (secondary N) is 1. The molecule has 0 aliphatic carbocycles. The minimum absolute atomic E-state index is 0.0756. The Labute approximate surface area is 152 Å². The lowest BCUT2D eigenvalue weighted by Crippen LogP contribution is -2.48. The van der Waals surface area contributed by atoms with Gasteiger partial charge in [0.25, 0.3) is 0 Å². The fourth-order valence-corrected chi connectivity index (χ4v) is 3.50. The Morgan fingerprint density at radius 3 is 2.76 bits per heavy atom. The molecule has 25 heavy (non-hydrogen) atoms. The molecule has 134 valence electrons. The zero-order chi connectivity index (χ0) is 18.0. The van der Waals surface area contributed by atoms with Crippen LogP contribution in [-0.2, 0) is 16.1 Å². The largest absolute Gasteiger partial charge is 0.372 e. The van der Waals surface area contributed by atoms with Gasteiger partial charge in [0.2, 0.25) is 5.91 Å². The Kier molecular flexibility index (Phi) is 5.34. The van der Waals surface area contributed by atoms with E-state index in [4.69, 9.17) is 17.0 Å². The molecule has 1 aliphatic heterocycles. The number of rotatable bonds is 4. The van der Waals surface area contributed by atoms with Gasteiger partial charge in [0.05, 0.1) is 12.2 Å². The summed E-state index contributed by atoms with van der Waals surface area (Å²) in [6, 6.07) is 8.10. The van der Waals surface area contributed by atoms with E-state index in [-0.39, 0.29) is 18.1 Å². The van der Waals surface area contributed by atoms with Gasteiger partial charge in [-0.05, 0) is 39.1 Å². The number of carbonyl (C=O) groups is 1. The van der Waals surface area contributed by atoms with Crippen LogP contribution in [-0.4, -0.2) is 50.9 Å². The summed E-state index contributed by atoms with van der Waals surface area (Å²) in [5.74, 6) is 0.894. The van der Waals surface area contributed by atoms with E-state index in [1.165, 1.54) is 0 Å². The van der Waals surface area contributed by atoms with Gasteiger partial charge in [-0.3, -0.25) is 14.5 Å². The number of carbonyl (C=O) groups excluding carboxylic acids is 1. The first kappa shape index (κ1) is 17.8. The quantitative estimate of drug-likeness (QED) is 0.852. The summed E-state index contributed by atoms with van der Waals surface area (Å²) >= 11 is 5.35. The molecular formula is C18H24N4O2S. The van der Waals surface area contributed by atoms with Crippen molar-refractivity contribution in [2.24, 2.45) is 0 Å². The first-order valence-corrected chi connectivity index (χ1v) is 9.00. The van der Waals surface area contributed by atoms with E-state index < -0.39 is 0 Å². The van der Waals surface area contributed by atoms with Crippen molar-refractivity contribution in [2.75, 3.05) is 13.1 Å². The predicted molar refractivity (Wildman–Crippen MR) is 98.8 cm³/mol. The first-order valence-electron chi connectivity index (χ1n) is 8.59. The van der Waals surface area contributed by atoms with Crippen LogP contribution in [0.1, 0.15) is 25.8 Å². The Hall–Kier alpha value is -1.99. The highest BCUT2D eigenvalue weighted by atomic mass is 32.1. The van der Waals surface area contributed by atoms with E-state index in [1.54, 1.807) is 0 Å². The molecule has 0 spiro atoms. The van der Waals surface area contributed by atoms with Crippen molar-refractivity contribution in [3.8, 4) is 11.4 Å². The van der Waals surface area contributed by atoms with Gasteiger partial charge >= 0.3 is 0 Å². The summed E-state index contributed by atoms with van der Waals surface area (Å²) in [5.41, 5.74) is 2.15.